The van der Waals surface area contributed by atoms with E-state index in [1.54, 1.807) is 25.6 Å². The molecule has 0 saturated heterocycles. The predicted molar refractivity (Wildman–Crippen MR) is 72.3 cm³/mol. The third-order valence-electron chi connectivity index (χ3n) is 2.75. The van der Waals surface area contributed by atoms with Gasteiger partial charge in [0, 0.05) is 11.6 Å². The maximum absolute atomic E-state index is 10.2. The van der Waals surface area contributed by atoms with Crippen LogP contribution in [0.25, 0.3) is 11.0 Å². The molecule has 0 aliphatic rings. The molecule has 5 nitrogen and oxygen atoms in total. The van der Waals surface area contributed by atoms with Crippen LogP contribution in [0.4, 0.5) is 0 Å². The quantitative estimate of drug-likeness (QED) is 0.792. The summed E-state index contributed by atoms with van der Waals surface area (Å²) in [5.41, 5.74) is 2.19. The summed E-state index contributed by atoms with van der Waals surface area (Å²) in [6.45, 7) is 0. The van der Waals surface area contributed by atoms with Gasteiger partial charge in [-0.3, -0.25) is 0 Å². The Morgan fingerprint density at radius 2 is 2.16 bits per heavy atom. The SMILES string of the molecule is COc1cnc2ccc(C(O)c3nccs3)cc2n1. The highest BCUT2D eigenvalue weighted by Crippen LogP contribution is 2.26. The third-order valence-corrected chi connectivity index (χ3v) is 3.58. The number of nitrogens with zero attached hydrogens (tertiary/aromatic N) is 3. The second kappa shape index (κ2) is 4.91. The summed E-state index contributed by atoms with van der Waals surface area (Å²) in [6, 6.07) is 5.46. The molecule has 2 aromatic heterocycles. The van der Waals surface area contributed by atoms with Crippen molar-refractivity contribution in [1.29, 1.82) is 0 Å². The van der Waals surface area contributed by atoms with E-state index in [1.807, 2.05) is 17.5 Å². The molecule has 1 aromatic carbocycles. The lowest BCUT2D eigenvalue weighted by atomic mass is 10.1. The zero-order valence-corrected chi connectivity index (χ0v) is 11.0. The first-order chi connectivity index (χ1) is 9.28. The molecule has 0 spiro atoms. The number of ether oxygens (including phenoxy) is 1. The van der Waals surface area contributed by atoms with Gasteiger partial charge < -0.3 is 9.84 Å². The molecule has 0 fully saturated rings. The highest BCUT2D eigenvalue weighted by Gasteiger charge is 2.14. The second-order valence-electron chi connectivity index (χ2n) is 3.93. The Morgan fingerprint density at radius 1 is 1.26 bits per heavy atom. The number of methoxy groups -OCH3 is 1. The van der Waals surface area contributed by atoms with Gasteiger partial charge in [0.05, 0.1) is 24.3 Å². The van der Waals surface area contributed by atoms with Crippen molar-refractivity contribution in [2.24, 2.45) is 0 Å². The summed E-state index contributed by atoms with van der Waals surface area (Å²) in [7, 11) is 1.55. The maximum Gasteiger partial charge on any atom is 0.232 e. The molecule has 3 aromatic rings. The number of fused-ring (bicyclic) bond motifs is 1. The van der Waals surface area contributed by atoms with Gasteiger partial charge in [-0.25, -0.2) is 15.0 Å². The van der Waals surface area contributed by atoms with E-state index < -0.39 is 6.10 Å². The topological polar surface area (TPSA) is 68.1 Å². The molecule has 6 heteroatoms. The average Bonchev–Trinajstić information content (AvgIpc) is 2.99. The lowest BCUT2D eigenvalue weighted by molar-refractivity contribution is 0.220. The van der Waals surface area contributed by atoms with Crippen molar-refractivity contribution in [3.8, 4) is 5.88 Å². The van der Waals surface area contributed by atoms with Crippen LogP contribution in [-0.2, 0) is 0 Å². The van der Waals surface area contributed by atoms with Crippen LogP contribution in [0.5, 0.6) is 5.88 Å². The molecule has 96 valence electrons. The van der Waals surface area contributed by atoms with Gasteiger partial charge in [-0.1, -0.05) is 6.07 Å². The standard InChI is InChI=1S/C13H11N3O2S/c1-18-11-7-15-9-3-2-8(6-10(9)16-11)12(17)13-14-4-5-19-13/h2-7,12,17H,1H3. The molecule has 1 unspecified atom stereocenters. The van der Waals surface area contributed by atoms with Crippen LogP contribution < -0.4 is 4.74 Å². The van der Waals surface area contributed by atoms with Gasteiger partial charge in [0.2, 0.25) is 5.88 Å². The predicted octanol–water partition coefficient (Wildman–Crippen LogP) is 2.18. The number of aliphatic hydroxyl groups excluding tert-OH is 1. The highest BCUT2D eigenvalue weighted by molar-refractivity contribution is 7.09. The Hall–Kier alpha value is -2.05. The van der Waals surface area contributed by atoms with Crippen LogP contribution in [0.15, 0.2) is 36.0 Å². The van der Waals surface area contributed by atoms with Crippen molar-refractivity contribution in [2.75, 3.05) is 7.11 Å². The van der Waals surface area contributed by atoms with Crippen molar-refractivity contribution >= 4 is 22.4 Å². The molecule has 0 aliphatic carbocycles. The van der Waals surface area contributed by atoms with Gasteiger partial charge in [0.15, 0.2) is 0 Å². The Labute approximate surface area is 113 Å². The van der Waals surface area contributed by atoms with E-state index in [0.29, 0.717) is 16.4 Å². The molecule has 0 amide bonds. The second-order valence-corrected chi connectivity index (χ2v) is 4.86. The summed E-state index contributed by atoms with van der Waals surface area (Å²) in [4.78, 5) is 12.7. The van der Waals surface area contributed by atoms with Gasteiger partial charge in [-0.2, -0.15) is 0 Å². The molecule has 0 bridgehead atoms. The van der Waals surface area contributed by atoms with E-state index in [2.05, 4.69) is 15.0 Å². The summed E-state index contributed by atoms with van der Waals surface area (Å²) < 4.78 is 5.05. The average molecular weight is 273 g/mol. The number of benzene rings is 1. The zero-order valence-electron chi connectivity index (χ0n) is 10.1. The Kier molecular flexibility index (Phi) is 3.10. The molecule has 1 N–H and O–H groups in total. The molecular weight excluding hydrogens is 262 g/mol. The van der Waals surface area contributed by atoms with E-state index in [1.165, 1.54) is 11.3 Å². The van der Waals surface area contributed by atoms with Crippen molar-refractivity contribution in [3.05, 3.63) is 46.5 Å². The van der Waals surface area contributed by atoms with Crippen molar-refractivity contribution < 1.29 is 9.84 Å². The first kappa shape index (κ1) is 12.0. The Bertz CT molecular complexity index is 700. The Balaban J connectivity index is 2.05. The minimum atomic E-state index is -0.739. The van der Waals surface area contributed by atoms with E-state index in [-0.39, 0.29) is 0 Å². The number of hydrogen-bond acceptors (Lipinski definition) is 6. The van der Waals surface area contributed by atoms with E-state index in [4.69, 9.17) is 4.74 Å². The fraction of sp³-hybridized carbons (Fsp3) is 0.154. The number of thiazole rings is 1. The third kappa shape index (κ3) is 2.27. The van der Waals surface area contributed by atoms with Crippen molar-refractivity contribution in [3.63, 3.8) is 0 Å². The van der Waals surface area contributed by atoms with Crippen molar-refractivity contribution in [1.82, 2.24) is 15.0 Å². The minimum Gasteiger partial charge on any atom is -0.480 e. The van der Waals surface area contributed by atoms with E-state index in [9.17, 15) is 5.11 Å². The number of hydrogen-bond donors (Lipinski definition) is 1. The number of aromatic nitrogens is 3. The van der Waals surface area contributed by atoms with Gasteiger partial charge in [0.1, 0.15) is 11.1 Å². The van der Waals surface area contributed by atoms with Crippen LogP contribution in [-0.4, -0.2) is 27.2 Å². The van der Waals surface area contributed by atoms with Crippen LogP contribution in [0, 0.1) is 0 Å². The molecule has 0 radical (unpaired) electrons. The minimum absolute atomic E-state index is 0.452. The molecule has 19 heavy (non-hydrogen) atoms. The van der Waals surface area contributed by atoms with Gasteiger partial charge >= 0.3 is 0 Å². The summed E-state index contributed by atoms with van der Waals surface area (Å²) >= 11 is 1.42. The fourth-order valence-electron chi connectivity index (χ4n) is 1.79. The lowest BCUT2D eigenvalue weighted by Gasteiger charge is -2.08. The normalized spacial score (nSPS) is 12.5. The first-order valence-corrected chi connectivity index (χ1v) is 6.54. The zero-order chi connectivity index (χ0) is 13.2. The van der Waals surface area contributed by atoms with Gasteiger partial charge in [-0.05, 0) is 17.7 Å². The smallest absolute Gasteiger partial charge is 0.232 e. The summed E-state index contributed by atoms with van der Waals surface area (Å²) in [5, 5.41) is 12.7. The van der Waals surface area contributed by atoms with Crippen LogP contribution >= 0.6 is 11.3 Å². The highest BCUT2D eigenvalue weighted by atomic mass is 32.1. The van der Waals surface area contributed by atoms with Crippen molar-refractivity contribution in [2.45, 2.75) is 6.10 Å². The number of rotatable bonds is 3. The molecular formula is C13H11N3O2S. The molecule has 3 rings (SSSR count). The fourth-order valence-corrected chi connectivity index (χ4v) is 2.44. The van der Waals surface area contributed by atoms with E-state index in [0.717, 1.165) is 11.1 Å². The van der Waals surface area contributed by atoms with Gasteiger partial charge in [-0.15, -0.1) is 11.3 Å². The maximum atomic E-state index is 10.2. The Morgan fingerprint density at radius 3 is 2.89 bits per heavy atom. The summed E-state index contributed by atoms with van der Waals surface area (Å²) in [6.07, 6.45) is 2.50. The molecule has 2 heterocycles. The van der Waals surface area contributed by atoms with Gasteiger partial charge in [0.25, 0.3) is 0 Å². The molecule has 1 atom stereocenters. The largest absolute Gasteiger partial charge is 0.480 e. The van der Waals surface area contributed by atoms with Crippen LogP contribution in [0.3, 0.4) is 0 Å². The molecule has 0 aliphatic heterocycles. The number of aliphatic hydroxyl groups is 1. The molecule has 0 saturated carbocycles. The van der Waals surface area contributed by atoms with E-state index >= 15 is 0 Å². The first-order valence-electron chi connectivity index (χ1n) is 5.66. The lowest BCUT2D eigenvalue weighted by Crippen LogP contribution is -1.99. The monoisotopic (exact) mass is 273 g/mol. The summed E-state index contributed by atoms with van der Waals surface area (Å²) in [5.74, 6) is 0.452. The van der Waals surface area contributed by atoms with Crippen LogP contribution in [0.1, 0.15) is 16.7 Å². The van der Waals surface area contributed by atoms with Crippen LogP contribution in [0.2, 0.25) is 0 Å².